The summed E-state index contributed by atoms with van der Waals surface area (Å²) in [6.07, 6.45) is 6.62. The van der Waals surface area contributed by atoms with Crippen LogP contribution in [0.2, 0.25) is 0 Å². The molecule has 0 atom stereocenters. The largest absolute Gasteiger partial charge is 0.494 e. The zero-order valence-electron chi connectivity index (χ0n) is 10.8. The van der Waals surface area contributed by atoms with Crippen molar-refractivity contribution in [2.24, 2.45) is 0 Å². The van der Waals surface area contributed by atoms with Crippen LogP contribution in [0.1, 0.15) is 36.8 Å². The minimum atomic E-state index is 0.803. The summed E-state index contributed by atoms with van der Waals surface area (Å²) in [5.74, 6) is 0.979. The standard InChI is InChI=1S/C15H21BrO/c1-4-5-6-7-8-9-17-14-10-12(2)15(16)13(3)11-14/h4,10-11H,1,5-9H2,2-3H3. The van der Waals surface area contributed by atoms with Crippen molar-refractivity contribution in [1.29, 1.82) is 0 Å². The van der Waals surface area contributed by atoms with E-state index in [-0.39, 0.29) is 0 Å². The molecule has 1 aromatic rings. The molecule has 0 bridgehead atoms. The highest BCUT2D eigenvalue weighted by Gasteiger charge is 2.02. The Morgan fingerprint density at radius 3 is 2.41 bits per heavy atom. The van der Waals surface area contributed by atoms with Crippen LogP contribution >= 0.6 is 15.9 Å². The van der Waals surface area contributed by atoms with Gasteiger partial charge < -0.3 is 4.74 Å². The van der Waals surface area contributed by atoms with Gasteiger partial charge in [-0.05, 0) is 62.8 Å². The van der Waals surface area contributed by atoms with Crippen molar-refractivity contribution in [3.63, 3.8) is 0 Å². The number of ether oxygens (including phenoxy) is 1. The molecule has 0 unspecified atom stereocenters. The van der Waals surface area contributed by atoms with E-state index in [2.05, 4.69) is 48.5 Å². The highest BCUT2D eigenvalue weighted by atomic mass is 79.9. The number of allylic oxidation sites excluding steroid dienone is 1. The smallest absolute Gasteiger partial charge is 0.119 e. The predicted octanol–water partition coefficient (Wildman–Crippen LogP) is 5.19. The third kappa shape index (κ3) is 4.95. The normalized spacial score (nSPS) is 10.3. The second-order valence-electron chi connectivity index (χ2n) is 4.36. The third-order valence-electron chi connectivity index (χ3n) is 2.73. The summed E-state index contributed by atoms with van der Waals surface area (Å²) < 4.78 is 6.93. The van der Waals surface area contributed by atoms with E-state index in [1.54, 1.807) is 0 Å². The summed E-state index contributed by atoms with van der Waals surface area (Å²) in [6.45, 7) is 8.70. The molecule has 0 saturated heterocycles. The van der Waals surface area contributed by atoms with Crippen LogP contribution in [-0.2, 0) is 0 Å². The summed E-state index contributed by atoms with van der Waals surface area (Å²) in [4.78, 5) is 0. The van der Waals surface area contributed by atoms with Gasteiger partial charge in [0.15, 0.2) is 0 Å². The molecule has 0 aliphatic carbocycles. The van der Waals surface area contributed by atoms with Crippen LogP contribution in [-0.4, -0.2) is 6.61 Å². The molecule has 1 aromatic carbocycles. The molecule has 0 radical (unpaired) electrons. The summed E-state index contributed by atoms with van der Waals surface area (Å²) >= 11 is 3.56. The lowest BCUT2D eigenvalue weighted by atomic mass is 10.1. The molecule has 17 heavy (non-hydrogen) atoms. The molecule has 0 aromatic heterocycles. The number of hydrogen-bond donors (Lipinski definition) is 0. The van der Waals surface area contributed by atoms with Crippen LogP contribution in [0, 0.1) is 13.8 Å². The molecule has 0 spiro atoms. The average Bonchev–Trinajstić information content (AvgIpc) is 2.30. The van der Waals surface area contributed by atoms with Crippen LogP contribution in [0.15, 0.2) is 29.3 Å². The van der Waals surface area contributed by atoms with Gasteiger partial charge in [-0.2, -0.15) is 0 Å². The van der Waals surface area contributed by atoms with Crippen molar-refractivity contribution >= 4 is 15.9 Å². The fraction of sp³-hybridized carbons (Fsp3) is 0.467. The summed E-state index contributed by atoms with van der Waals surface area (Å²) in [5, 5.41) is 0. The van der Waals surface area contributed by atoms with E-state index in [0.29, 0.717) is 0 Å². The Bertz CT molecular complexity index is 348. The first-order valence-electron chi connectivity index (χ1n) is 6.15. The van der Waals surface area contributed by atoms with Crippen molar-refractivity contribution in [3.05, 3.63) is 40.4 Å². The van der Waals surface area contributed by atoms with Gasteiger partial charge in [-0.25, -0.2) is 0 Å². The second kappa shape index (κ2) is 7.54. The summed E-state index contributed by atoms with van der Waals surface area (Å²) in [5.41, 5.74) is 2.46. The minimum Gasteiger partial charge on any atom is -0.494 e. The average molecular weight is 297 g/mol. The molecule has 94 valence electrons. The minimum absolute atomic E-state index is 0.803. The van der Waals surface area contributed by atoms with Crippen LogP contribution in [0.5, 0.6) is 5.75 Å². The SMILES string of the molecule is C=CCCCCCOc1cc(C)c(Br)c(C)c1. The topological polar surface area (TPSA) is 9.23 Å². The van der Waals surface area contributed by atoms with E-state index in [0.717, 1.165) is 25.2 Å². The molecule has 1 rings (SSSR count). The van der Waals surface area contributed by atoms with Crippen LogP contribution in [0.4, 0.5) is 0 Å². The molecule has 0 saturated carbocycles. The molecule has 0 amide bonds. The molecule has 0 fully saturated rings. The van der Waals surface area contributed by atoms with E-state index in [4.69, 9.17) is 4.74 Å². The summed E-state index contributed by atoms with van der Waals surface area (Å²) in [6, 6.07) is 4.17. The zero-order chi connectivity index (χ0) is 12.7. The van der Waals surface area contributed by atoms with E-state index < -0.39 is 0 Å². The maximum atomic E-state index is 5.76. The van der Waals surface area contributed by atoms with Gasteiger partial charge in [-0.3, -0.25) is 0 Å². The first kappa shape index (κ1) is 14.3. The molecular formula is C15H21BrO. The Morgan fingerprint density at radius 1 is 1.18 bits per heavy atom. The fourth-order valence-electron chi connectivity index (χ4n) is 1.75. The molecule has 0 heterocycles. The Kier molecular flexibility index (Phi) is 6.35. The van der Waals surface area contributed by atoms with Crippen LogP contribution in [0.3, 0.4) is 0 Å². The number of aryl methyl sites for hydroxylation is 2. The Morgan fingerprint density at radius 2 is 1.82 bits per heavy atom. The predicted molar refractivity (Wildman–Crippen MR) is 77.8 cm³/mol. The van der Waals surface area contributed by atoms with Gasteiger partial charge in [0, 0.05) is 4.47 Å². The lowest BCUT2D eigenvalue weighted by Gasteiger charge is -2.10. The van der Waals surface area contributed by atoms with E-state index in [9.17, 15) is 0 Å². The van der Waals surface area contributed by atoms with Gasteiger partial charge in [0.2, 0.25) is 0 Å². The number of unbranched alkanes of at least 4 members (excludes halogenated alkanes) is 3. The Labute approximate surface area is 113 Å². The third-order valence-corrected chi connectivity index (χ3v) is 3.98. The van der Waals surface area contributed by atoms with Gasteiger partial charge >= 0.3 is 0 Å². The molecule has 2 heteroatoms. The van der Waals surface area contributed by atoms with Crippen molar-refractivity contribution in [3.8, 4) is 5.75 Å². The van der Waals surface area contributed by atoms with Crippen molar-refractivity contribution in [1.82, 2.24) is 0 Å². The molecule has 0 aliphatic rings. The molecular weight excluding hydrogens is 276 g/mol. The monoisotopic (exact) mass is 296 g/mol. The zero-order valence-corrected chi connectivity index (χ0v) is 12.3. The number of hydrogen-bond acceptors (Lipinski definition) is 1. The quantitative estimate of drug-likeness (QED) is 0.497. The Hall–Kier alpha value is -0.760. The van der Waals surface area contributed by atoms with Gasteiger partial charge in [0.05, 0.1) is 6.61 Å². The Balaban J connectivity index is 2.34. The highest BCUT2D eigenvalue weighted by molar-refractivity contribution is 9.10. The summed E-state index contributed by atoms with van der Waals surface area (Å²) in [7, 11) is 0. The first-order valence-corrected chi connectivity index (χ1v) is 6.95. The van der Waals surface area contributed by atoms with Crippen molar-refractivity contribution < 1.29 is 4.74 Å². The number of halogens is 1. The van der Waals surface area contributed by atoms with E-state index in [1.807, 2.05) is 6.08 Å². The van der Waals surface area contributed by atoms with Gasteiger partial charge in [0.1, 0.15) is 5.75 Å². The van der Waals surface area contributed by atoms with Crippen molar-refractivity contribution in [2.45, 2.75) is 39.5 Å². The van der Waals surface area contributed by atoms with E-state index >= 15 is 0 Å². The molecule has 1 nitrogen and oxygen atoms in total. The lowest BCUT2D eigenvalue weighted by Crippen LogP contribution is -1.98. The highest BCUT2D eigenvalue weighted by Crippen LogP contribution is 2.26. The molecule has 0 aliphatic heterocycles. The lowest BCUT2D eigenvalue weighted by molar-refractivity contribution is 0.305. The van der Waals surface area contributed by atoms with Crippen LogP contribution in [0.25, 0.3) is 0 Å². The van der Waals surface area contributed by atoms with Gasteiger partial charge in [-0.1, -0.05) is 22.0 Å². The van der Waals surface area contributed by atoms with Gasteiger partial charge in [-0.15, -0.1) is 6.58 Å². The second-order valence-corrected chi connectivity index (χ2v) is 5.15. The van der Waals surface area contributed by atoms with Crippen LogP contribution < -0.4 is 4.74 Å². The maximum Gasteiger partial charge on any atom is 0.119 e. The number of rotatable bonds is 7. The maximum absolute atomic E-state index is 5.76. The van der Waals surface area contributed by atoms with Gasteiger partial charge in [0.25, 0.3) is 0 Å². The first-order chi connectivity index (χ1) is 8.15. The fourth-order valence-corrected chi connectivity index (χ4v) is 1.98. The van der Waals surface area contributed by atoms with E-state index in [1.165, 1.54) is 28.4 Å². The number of benzene rings is 1. The van der Waals surface area contributed by atoms with Crippen molar-refractivity contribution in [2.75, 3.05) is 6.61 Å². The molecule has 0 N–H and O–H groups in total.